The quantitative estimate of drug-likeness (QED) is 0.0335. The predicted octanol–water partition coefficient (Wildman–Crippen LogP) is 9.67. The number of hydrogen-bond acceptors (Lipinski definition) is 29. The second-order valence-electron chi connectivity index (χ2n) is 37.6. The van der Waals surface area contributed by atoms with Crippen molar-refractivity contribution in [1.82, 2.24) is 101 Å². The number of aromatic amines is 5. The largest absolute Gasteiger partial charge is 0.380 e. The number of pyridine rings is 3. The number of anilines is 9. The van der Waals surface area contributed by atoms with Gasteiger partial charge in [0, 0.05) is 173 Å². The van der Waals surface area contributed by atoms with Gasteiger partial charge in [0.2, 0.25) is 0 Å². The molecule has 0 aromatic carbocycles. The van der Waals surface area contributed by atoms with Crippen molar-refractivity contribution in [2.75, 3.05) is 59.3 Å². The van der Waals surface area contributed by atoms with Gasteiger partial charge in [-0.25, -0.2) is 15.0 Å². The number of nitrogens with zero attached hydrogens (tertiary/aromatic N) is 19. The van der Waals surface area contributed by atoms with Gasteiger partial charge < -0.3 is 99.8 Å². The summed E-state index contributed by atoms with van der Waals surface area (Å²) in [5.74, 6) is 13.6. The van der Waals surface area contributed by atoms with Crippen molar-refractivity contribution in [1.29, 1.82) is 0 Å². The highest BCUT2D eigenvalue weighted by Crippen LogP contribution is 2.61. The molecule has 11 fully saturated rings. The highest BCUT2D eigenvalue weighted by Gasteiger charge is 2.55. The normalized spacial score (nSPS) is 23.9. The van der Waals surface area contributed by atoms with Crippen molar-refractivity contribution >= 4 is 136 Å². The summed E-state index contributed by atoms with van der Waals surface area (Å²) in [7, 11) is 0. The van der Waals surface area contributed by atoms with Crippen molar-refractivity contribution in [3.63, 3.8) is 0 Å². The number of carbonyl (C=O) groups excluding carboxylic acids is 5. The van der Waals surface area contributed by atoms with Gasteiger partial charge in [-0.15, -0.1) is 86.9 Å². The van der Waals surface area contributed by atoms with Gasteiger partial charge >= 0.3 is 0 Å². The number of hydrogen-bond donors (Lipinski definition) is 15. The first kappa shape index (κ1) is 89.3. The zero-order chi connectivity index (χ0) is 95.1. The Morgan fingerprint density at radius 2 is 0.688 bits per heavy atom. The first-order valence-corrected chi connectivity index (χ1v) is 46.8. The molecule has 8 atom stereocenters. The number of terminal acetylenes is 4. The molecular weight excluding hydrogens is 1750 g/mol. The molecular formula is C99H104N34O5. The molecule has 39 heteroatoms. The van der Waals surface area contributed by atoms with Crippen LogP contribution in [0.25, 0.3) is 55.2 Å². The van der Waals surface area contributed by atoms with Gasteiger partial charge in [-0.05, 0) is 231 Å². The van der Waals surface area contributed by atoms with E-state index in [9.17, 15) is 24.0 Å². The summed E-state index contributed by atoms with van der Waals surface area (Å²) in [4.78, 5) is 97.6. The summed E-state index contributed by atoms with van der Waals surface area (Å²) in [6.45, 7) is 3.75. The number of primary amides is 5. The lowest BCUT2D eigenvalue weighted by Gasteiger charge is -2.58. The Balaban J connectivity index is 0.000000106. The summed E-state index contributed by atoms with van der Waals surface area (Å²) in [6, 6.07) is 28.8. The maximum absolute atomic E-state index is 11.9. The Hall–Kier alpha value is -16.6. The number of nitrogens with one attached hydrogen (secondary N) is 10. The standard InChI is InChI=1S/C21H21N7O.C20H20N8O.C20H23N7O.C19H19N7O.C19H21N5O/c1-2-12-3-6-17(24-11-12)28-14-4-5-15(28)10-13(9-14)25-18-16-7-8-23-21(16)27-26-19(18)20(22)29;1-2-11-3-6-16(25-24-11)28-13-4-5-14(28)10-12(9-13)23-17-15-7-8-22-20(15)27-26-18(17)19(21)29;1-11-2-5-16(23-10-11)27-13-3-4-14(27)9-12(8-13)24-17-15-6-7-22-20(15)26-25-18(17)19(21)28;1-2-12-3-4-15(22-11-12)26-9-6-13(7-10-26)23-16-14-5-8-21-19(14)25-24-17(16)18(20)27;1-2-19-7-10-5-11(8-19)14(12(6-10)9-19)22-15-13-3-4-21-18(13)24-23-16(15)17(20)25/h1,3,6-8,11,13-15H,4-5,9-10H2,(H2,22,29)(H2,23,25,27);1,3,6-8,12-14H,4-5,9-10H2,(H2,21,29)(H2,22,23,27);2,5-7,10,12-14H,3-4,8-9H2,1H3,(H2,21,28)(H2,22,24,26);1,3-5,8,11,13H,6-7,9-10H2,(H2,20,27)(H2,21,23,25);1,3-4,10-12,14H,5-9H2,(H2,20,25)(H2,21,22,24). The van der Waals surface area contributed by atoms with Crippen LogP contribution in [0.5, 0.6) is 0 Å². The van der Waals surface area contributed by atoms with Gasteiger partial charge in [0.05, 0.1) is 28.4 Å². The molecule has 4 aliphatic carbocycles. The number of amides is 5. The van der Waals surface area contributed by atoms with Crippen molar-refractivity contribution in [2.45, 2.75) is 195 Å². The number of nitrogens with two attached hydrogens (primary N) is 5. The Bertz CT molecular complexity index is 6900. The van der Waals surface area contributed by atoms with Crippen molar-refractivity contribution in [2.24, 2.45) is 51.8 Å². The highest BCUT2D eigenvalue weighted by atomic mass is 16.2. The average molecular weight is 1850 g/mol. The first-order valence-electron chi connectivity index (χ1n) is 46.8. The molecule has 21 heterocycles. The molecule has 700 valence electrons. The van der Waals surface area contributed by atoms with Crippen LogP contribution >= 0.6 is 0 Å². The lowest BCUT2D eigenvalue weighted by atomic mass is 9.48. The molecule has 138 heavy (non-hydrogen) atoms. The van der Waals surface area contributed by atoms with E-state index in [1.54, 1.807) is 43.4 Å². The average Bonchev–Trinajstić information content (AvgIpc) is 1.06. The van der Waals surface area contributed by atoms with E-state index in [0.29, 0.717) is 116 Å². The third-order valence-corrected chi connectivity index (χ3v) is 29.2. The Morgan fingerprint density at radius 1 is 0.355 bits per heavy atom. The molecule has 8 unspecified atom stereocenters. The van der Waals surface area contributed by atoms with E-state index in [2.05, 4.69) is 190 Å². The van der Waals surface area contributed by atoms with Gasteiger partial charge in [0.25, 0.3) is 29.5 Å². The number of H-pyrrole nitrogens is 5. The van der Waals surface area contributed by atoms with Gasteiger partial charge in [0.1, 0.15) is 23.1 Å². The number of carbonyl (C=O) groups is 5. The molecule has 7 saturated heterocycles. The number of piperidine rings is 4. The van der Waals surface area contributed by atoms with Gasteiger partial charge in [-0.3, -0.25) is 24.0 Å². The molecule has 20 N–H and O–H groups in total. The lowest BCUT2D eigenvalue weighted by molar-refractivity contribution is -0.0284. The van der Waals surface area contributed by atoms with E-state index < -0.39 is 29.5 Å². The van der Waals surface area contributed by atoms with Crippen molar-refractivity contribution < 1.29 is 24.0 Å². The molecule has 0 radical (unpaired) electrons. The van der Waals surface area contributed by atoms with Crippen LogP contribution in [0.15, 0.2) is 128 Å². The van der Waals surface area contributed by atoms with Gasteiger partial charge in [-0.2, -0.15) is 0 Å². The molecule has 14 aromatic rings. The summed E-state index contributed by atoms with van der Waals surface area (Å²) in [5.41, 5.74) is 38.5. The third kappa shape index (κ3) is 17.7. The van der Waals surface area contributed by atoms with Crippen LogP contribution in [-0.2, 0) is 0 Å². The number of rotatable bonds is 19. The molecule has 10 bridgehead atoms. The zero-order valence-electron chi connectivity index (χ0n) is 75.8. The Labute approximate surface area is 792 Å². The monoisotopic (exact) mass is 1850 g/mol. The minimum atomic E-state index is -0.594. The SMILES string of the molecule is C#CC12CC3CC(C1)C(Nc1c(C(N)=O)nnc4[nH]ccc14)C(C3)C2.C#Cc1ccc(N2C3CCC2CC(Nc2c(C(N)=O)nnc4[nH]ccc24)C3)nc1.C#Cc1ccc(N2C3CCC2CC(Nc2c(C(N)=O)nnc4[nH]ccc24)C3)nn1.C#Cc1ccc(N2CCC(Nc3c(C(N)=O)nnc4[nH]ccc34)CC2)nc1.Cc1ccc(N2C3CCC2CC(Nc2c(C(N)=O)nnc4[nH]ccc24)C3)nc1. The topological polar surface area (TPSA) is 561 Å². The summed E-state index contributed by atoms with van der Waals surface area (Å²) < 4.78 is 0. The van der Waals surface area contributed by atoms with Crippen LogP contribution in [0.1, 0.15) is 197 Å². The molecule has 4 saturated carbocycles. The maximum Gasteiger partial charge on any atom is 0.271 e. The molecule has 0 spiro atoms. The zero-order valence-corrected chi connectivity index (χ0v) is 75.8. The number of aromatic nitrogens is 20. The second-order valence-corrected chi connectivity index (χ2v) is 37.6. The van der Waals surface area contributed by atoms with E-state index in [4.69, 9.17) is 54.4 Å². The predicted molar refractivity (Wildman–Crippen MR) is 524 cm³/mol. The van der Waals surface area contributed by atoms with Crippen molar-refractivity contribution in [3.05, 3.63) is 179 Å². The molecule has 14 aromatic heterocycles. The number of aryl methyl sites for hydroxylation is 1. The number of fused-ring (bicyclic) bond motifs is 11. The van der Waals surface area contributed by atoms with E-state index in [0.717, 1.165) is 183 Å². The van der Waals surface area contributed by atoms with Crippen LogP contribution < -0.4 is 74.9 Å². The minimum absolute atomic E-state index is 0.0983. The van der Waals surface area contributed by atoms with E-state index in [1.807, 2.05) is 72.9 Å². The highest BCUT2D eigenvalue weighted by molar-refractivity contribution is 6.08. The molecule has 7 aliphatic heterocycles. The van der Waals surface area contributed by atoms with Crippen molar-refractivity contribution in [3.8, 4) is 49.4 Å². The maximum atomic E-state index is 11.9. The van der Waals surface area contributed by atoms with Crippen LogP contribution in [-0.4, -0.2) is 210 Å². The van der Waals surface area contributed by atoms with Crippen LogP contribution in [0.2, 0.25) is 0 Å². The lowest BCUT2D eigenvalue weighted by Crippen LogP contribution is -2.55. The third-order valence-electron chi connectivity index (χ3n) is 29.2. The van der Waals surface area contributed by atoms with Gasteiger partial charge in [0.15, 0.2) is 62.5 Å². The molecule has 25 rings (SSSR count). The Morgan fingerprint density at radius 3 is 1.00 bits per heavy atom. The van der Waals surface area contributed by atoms with E-state index >= 15 is 0 Å². The summed E-state index contributed by atoms with van der Waals surface area (Å²) in [6.07, 6.45) is 56.5. The minimum Gasteiger partial charge on any atom is -0.380 e. The Kier molecular flexibility index (Phi) is 24.4. The van der Waals surface area contributed by atoms with E-state index in [1.165, 1.54) is 24.8 Å². The van der Waals surface area contributed by atoms with Gasteiger partial charge in [-0.1, -0.05) is 23.8 Å². The molecule has 5 amide bonds. The molecule has 39 nitrogen and oxygen atoms in total. The van der Waals surface area contributed by atoms with E-state index in [-0.39, 0.29) is 58.1 Å². The second kappa shape index (κ2) is 37.7. The first-order chi connectivity index (χ1) is 67.1. The smallest absolute Gasteiger partial charge is 0.271 e. The fourth-order valence-corrected chi connectivity index (χ4v) is 23.3. The summed E-state index contributed by atoms with van der Waals surface area (Å²) >= 11 is 0. The van der Waals surface area contributed by atoms with Crippen LogP contribution in [0.4, 0.5) is 51.7 Å². The van der Waals surface area contributed by atoms with Crippen LogP contribution in [0.3, 0.4) is 0 Å². The fourth-order valence-electron chi connectivity index (χ4n) is 23.3. The summed E-state index contributed by atoms with van der Waals surface area (Å²) in [5, 5.41) is 70.6. The molecule has 11 aliphatic rings. The van der Waals surface area contributed by atoms with Crippen LogP contribution in [0, 0.1) is 79.5 Å². The fraction of sp³-hybridized carbons (Fsp3) is 0.374.